The Morgan fingerprint density at radius 1 is 1.53 bits per heavy atom. The number of aromatic nitrogens is 3. The van der Waals surface area contributed by atoms with Crippen LogP contribution < -0.4 is 11.1 Å². The Bertz CT molecular complexity index is 610. The van der Waals surface area contributed by atoms with Crippen LogP contribution in [0.5, 0.6) is 0 Å². The number of amides is 1. The van der Waals surface area contributed by atoms with E-state index in [1.54, 1.807) is 36.4 Å². The van der Waals surface area contributed by atoms with Crippen LogP contribution in [0.4, 0.5) is 5.82 Å². The van der Waals surface area contributed by atoms with E-state index in [1.807, 2.05) is 6.92 Å². The zero-order chi connectivity index (χ0) is 14.0. The molecule has 0 aromatic carbocycles. The van der Waals surface area contributed by atoms with E-state index in [2.05, 4.69) is 31.3 Å². The van der Waals surface area contributed by atoms with E-state index in [9.17, 15) is 4.79 Å². The van der Waals surface area contributed by atoms with Crippen molar-refractivity contribution in [3.63, 3.8) is 0 Å². The molecule has 2 aromatic rings. The Balaban J connectivity index is 2.10. The summed E-state index contributed by atoms with van der Waals surface area (Å²) in [5.41, 5.74) is 7.51. The lowest BCUT2D eigenvalue weighted by molar-refractivity contribution is -0.117. The monoisotopic (exact) mass is 323 g/mol. The maximum atomic E-state index is 12.0. The van der Waals surface area contributed by atoms with E-state index in [-0.39, 0.29) is 5.91 Å². The maximum Gasteiger partial charge on any atom is 0.247 e. The van der Waals surface area contributed by atoms with Crippen molar-refractivity contribution in [3.8, 4) is 0 Å². The summed E-state index contributed by atoms with van der Waals surface area (Å²) in [4.78, 5) is 16.1. The third-order valence-electron chi connectivity index (χ3n) is 2.66. The van der Waals surface area contributed by atoms with Crippen LogP contribution in [-0.4, -0.2) is 20.7 Å². The van der Waals surface area contributed by atoms with E-state index >= 15 is 0 Å². The quantitative estimate of drug-likeness (QED) is 0.896. The SMILES string of the molecule is Cc1cc(NC(=O)C(N)c2cnn(C)c2)ncc1Br. The number of nitrogens with two attached hydrogens (primary N) is 1. The van der Waals surface area contributed by atoms with Gasteiger partial charge in [0.2, 0.25) is 5.91 Å². The van der Waals surface area contributed by atoms with Crippen molar-refractivity contribution in [2.75, 3.05) is 5.32 Å². The molecule has 0 radical (unpaired) electrons. The third-order valence-corrected chi connectivity index (χ3v) is 3.49. The largest absolute Gasteiger partial charge is 0.316 e. The summed E-state index contributed by atoms with van der Waals surface area (Å²) in [7, 11) is 1.77. The van der Waals surface area contributed by atoms with Gasteiger partial charge in [-0.25, -0.2) is 4.98 Å². The van der Waals surface area contributed by atoms with E-state index in [0.29, 0.717) is 11.4 Å². The van der Waals surface area contributed by atoms with Crippen molar-refractivity contribution in [1.82, 2.24) is 14.8 Å². The first-order valence-electron chi connectivity index (χ1n) is 5.64. The second-order valence-corrected chi connectivity index (χ2v) is 5.09. The highest BCUT2D eigenvalue weighted by atomic mass is 79.9. The minimum absolute atomic E-state index is 0.317. The van der Waals surface area contributed by atoms with E-state index in [1.165, 1.54) is 0 Å². The lowest BCUT2D eigenvalue weighted by Crippen LogP contribution is -2.27. The molecule has 0 saturated carbocycles. The number of rotatable bonds is 3. The smallest absolute Gasteiger partial charge is 0.247 e. The van der Waals surface area contributed by atoms with Crippen molar-refractivity contribution in [1.29, 1.82) is 0 Å². The van der Waals surface area contributed by atoms with Crippen LogP contribution in [0.1, 0.15) is 17.2 Å². The average Bonchev–Trinajstić information content (AvgIpc) is 2.79. The highest BCUT2D eigenvalue weighted by molar-refractivity contribution is 9.10. The second kappa shape index (κ2) is 5.50. The molecule has 0 aliphatic heterocycles. The van der Waals surface area contributed by atoms with Crippen molar-refractivity contribution in [3.05, 3.63) is 40.3 Å². The molecule has 2 aromatic heterocycles. The zero-order valence-electron chi connectivity index (χ0n) is 10.6. The molecule has 6 nitrogen and oxygen atoms in total. The summed E-state index contributed by atoms with van der Waals surface area (Å²) in [5, 5.41) is 6.67. The summed E-state index contributed by atoms with van der Waals surface area (Å²) in [6.45, 7) is 1.92. The Morgan fingerprint density at radius 3 is 2.84 bits per heavy atom. The Morgan fingerprint density at radius 2 is 2.26 bits per heavy atom. The molecule has 0 aliphatic rings. The Kier molecular flexibility index (Phi) is 3.96. The average molecular weight is 324 g/mol. The molecule has 19 heavy (non-hydrogen) atoms. The summed E-state index contributed by atoms with van der Waals surface area (Å²) in [5.74, 6) is 0.160. The molecule has 1 amide bonds. The number of nitrogens with one attached hydrogen (secondary N) is 1. The number of hydrogen-bond acceptors (Lipinski definition) is 4. The first-order chi connectivity index (χ1) is 8.97. The molecule has 0 bridgehead atoms. The van der Waals surface area contributed by atoms with Crippen LogP contribution in [0.15, 0.2) is 29.1 Å². The predicted octanol–water partition coefficient (Wildman–Crippen LogP) is 1.52. The van der Waals surface area contributed by atoms with Gasteiger partial charge < -0.3 is 11.1 Å². The predicted molar refractivity (Wildman–Crippen MR) is 75.4 cm³/mol. The van der Waals surface area contributed by atoms with Gasteiger partial charge in [0.1, 0.15) is 11.9 Å². The summed E-state index contributed by atoms with van der Waals surface area (Å²) in [6.07, 6.45) is 4.93. The number of halogens is 1. The van der Waals surface area contributed by atoms with Gasteiger partial charge in [0.25, 0.3) is 0 Å². The highest BCUT2D eigenvalue weighted by Gasteiger charge is 2.17. The van der Waals surface area contributed by atoms with Gasteiger partial charge >= 0.3 is 0 Å². The van der Waals surface area contributed by atoms with Crippen molar-refractivity contribution in [2.45, 2.75) is 13.0 Å². The molecule has 0 aliphatic carbocycles. The van der Waals surface area contributed by atoms with Crippen LogP contribution in [0.25, 0.3) is 0 Å². The lowest BCUT2D eigenvalue weighted by atomic mass is 10.1. The van der Waals surface area contributed by atoms with Crippen LogP contribution in [-0.2, 0) is 11.8 Å². The maximum absolute atomic E-state index is 12.0. The van der Waals surface area contributed by atoms with Crippen LogP contribution in [0.3, 0.4) is 0 Å². The number of carbonyl (C=O) groups is 1. The molecule has 7 heteroatoms. The summed E-state index contributed by atoms with van der Waals surface area (Å²) < 4.78 is 2.49. The van der Waals surface area contributed by atoms with Gasteiger partial charge in [-0.2, -0.15) is 5.10 Å². The second-order valence-electron chi connectivity index (χ2n) is 4.23. The first-order valence-corrected chi connectivity index (χ1v) is 6.44. The van der Waals surface area contributed by atoms with Crippen molar-refractivity contribution < 1.29 is 4.79 Å². The molecule has 0 saturated heterocycles. The number of hydrogen-bond donors (Lipinski definition) is 2. The molecule has 100 valence electrons. The fourth-order valence-electron chi connectivity index (χ4n) is 1.56. The summed E-state index contributed by atoms with van der Waals surface area (Å²) in [6, 6.07) is 1.01. The molecular formula is C12H14BrN5O. The minimum atomic E-state index is -0.764. The number of carbonyl (C=O) groups excluding carboxylic acids is 1. The summed E-state index contributed by atoms with van der Waals surface area (Å²) >= 11 is 3.35. The molecule has 0 fully saturated rings. The fraction of sp³-hybridized carbons (Fsp3) is 0.250. The molecule has 1 unspecified atom stereocenters. The van der Waals surface area contributed by atoms with Gasteiger partial charge in [0, 0.05) is 29.5 Å². The van der Waals surface area contributed by atoms with Gasteiger partial charge in [0.05, 0.1) is 6.20 Å². The molecule has 3 N–H and O–H groups in total. The van der Waals surface area contributed by atoms with Crippen LogP contribution in [0.2, 0.25) is 0 Å². The standard InChI is InChI=1S/C12H14BrN5O/c1-7-3-10(15-5-9(7)13)17-12(19)11(14)8-4-16-18(2)6-8/h3-6,11H,14H2,1-2H3,(H,15,17,19). The third kappa shape index (κ3) is 3.18. The van der Waals surface area contributed by atoms with Crippen LogP contribution >= 0.6 is 15.9 Å². The molecular weight excluding hydrogens is 310 g/mol. The first kappa shape index (κ1) is 13.7. The van der Waals surface area contributed by atoms with E-state index in [0.717, 1.165) is 10.0 Å². The van der Waals surface area contributed by atoms with Gasteiger partial charge in [-0.15, -0.1) is 0 Å². The Labute approximate surface area is 119 Å². The van der Waals surface area contributed by atoms with Gasteiger partial charge in [-0.1, -0.05) is 0 Å². The number of aryl methyl sites for hydroxylation is 2. The fourth-order valence-corrected chi connectivity index (χ4v) is 1.78. The van der Waals surface area contributed by atoms with Gasteiger partial charge in [0.15, 0.2) is 0 Å². The molecule has 2 heterocycles. The van der Waals surface area contributed by atoms with Crippen molar-refractivity contribution in [2.24, 2.45) is 12.8 Å². The topological polar surface area (TPSA) is 85.8 Å². The zero-order valence-corrected chi connectivity index (χ0v) is 12.2. The number of nitrogens with zero attached hydrogens (tertiary/aromatic N) is 3. The van der Waals surface area contributed by atoms with E-state index in [4.69, 9.17) is 5.73 Å². The molecule has 0 spiro atoms. The Hall–Kier alpha value is -1.73. The minimum Gasteiger partial charge on any atom is -0.316 e. The van der Waals surface area contributed by atoms with Crippen LogP contribution in [0, 0.1) is 6.92 Å². The normalized spacial score (nSPS) is 12.2. The van der Waals surface area contributed by atoms with E-state index < -0.39 is 6.04 Å². The highest BCUT2D eigenvalue weighted by Crippen LogP contribution is 2.18. The number of anilines is 1. The van der Waals surface area contributed by atoms with Gasteiger partial charge in [-0.3, -0.25) is 9.48 Å². The lowest BCUT2D eigenvalue weighted by Gasteiger charge is -2.10. The molecule has 2 rings (SSSR count). The van der Waals surface area contributed by atoms with Crippen molar-refractivity contribution >= 4 is 27.7 Å². The van der Waals surface area contributed by atoms with Gasteiger partial charge in [-0.05, 0) is 34.5 Å². The number of pyridine rings is 1. The molecule has 1 atom stereocenters.